The lowest BCUT2D eigenvalue weighted by Gasteiger charge is -2.09. The Bertz CT molecular complexity index is 468. The predicted molar refractivity (Wildman–Crippen MR) is 77.6 cm³/mol. The highest BCUT2D eigenvalue weighted by Crippen LogP contribution is 2.26. The largest absolute Gasteiger partial charge is 0.380 e. The quantitative estimate of drug-likeness (QED) is 0.810. The number of anilines is 1. The average molecular weight is 314 g/mol. The van der Waals surface area contributed by atoms with Gasteiger partial charge in [-0.1, -0.05) is 12.1 Å². The zero-order valence-electron chi connectivity index (χ0n) is 8.87. The van der Waals surface area contributed by atoms with Crippen LogP contribution in [0.25, 0.3) is 0 Å². The zero-order chi connectivity index (χ0) is 11.4. The van der Waals surface area contributed by atoms with Crippen molar-refractivity contribution in [2.45, 2.75) is 11.4 Å². The molecule has 0 aliphatic carbocycles. The standard InChI is InChI=1S/C12H12BrNS2/c1-15-11-5-3-2-4-10(11)14-7-9-6-12(13)16-8-9/h2-6,8,14H,7H2,1H3. The summed E-state index contributed by atoms with van der Waals surface area (Å²) < 4.78 is 1.18. The van der Waals surface area contributed by atoms with Crippen molar-refractivity contribution >= 4 is 44.7 Å². The maximum Gasteiger partial charge on any atom is 0.0701 e. The van der Waals surface area contributed by atoms with Gasteiger partial charge in [0.05, 0.1) is 3.79 Å². The van der Waals surface area contributed by atoms with Crippen LogP contribution in [-0.4, -0.2) is 6.26 Å². The molecule has 1 N–H and O–H groups in total. The molecule has 4 heteroatoms. The molecule has 2 aromatic rings. The number of para-hydroxylation sites is 1. The molecule has 0 aliphatic heterocycles. The van der Waals surface area contributed by atoms with Crippen LogP contribution in [0.4, 0.5) is 5.69 Å². The van der Waals surface area contributed by atoms with Crippen molar-refractivity contribution < 1.29 is 0 Å². The lowest BCUT2D eigenvalue weighted by Crippen LogP contribution is -1.98. The first kappa shape index (κ1) is 12.0. The SMILES string of the molecule is CSc1ccccc1NCc1csc(Br)c1. The van der Waals surface area contributed by atoms with E-state index < -0.39 is 0 Å². The van der Waals surface area contributed by atoms with Crippen molar-refractivity contribution in [1.29, 1.82) is 0 Å². The highest BCUT2D eigenvalue weighted by Gasteiger charge is 2.01. The van der Waals surface area contributed by atoms with E-state index in [0.717, 1.165) is 6.54 Å². The average Bonchev–Trinajstić information content (AvgIpc) is 2.73. The Morgan fingerprint density at radius 2 is 2.19 bits per heavy atom. The van der Waals surface area contributed by atoms with E-state index in [4.69, 9.17) is 0 Å². The van der Waals surface area contributed by atoms with Crippen molar-refractivity contribution in [1.82, 2.24) is 0 Å². The molecule has 0 fully saturated rings. The van der Waals surface area contributed by atoms with Crippen LogP contribution in [0.2, 0.25) is 0 Å². The molecule has 1 aromatic carbocycles. The molecular formula is C12H12BrNS2. The Kier molecular flexibility index (Phi) is 4.32. The number of hydrogen-bond donors (Lipinski definition) is 1. The van der Waals surface area contributed by atoms with Gasteiger partial charge >= 0.3 is 0 Å². The summed E-state index contributed by atoms with van der Waals surface area (Å²) in [7, 11) is 0. The number of hydrogen-bond acceptors (Lipinski definition) is 3. The van der Waals surface area contributed by atoms with Gasteiger partial charge in [0.25, 0.3) is 0 Å². The van der Waals surface area contributed by atoms with Gasteiger partial charge in [-0.05, 0) is 51.3 Å². The highest BCUT2D eigenvalue weighted by atomic mass is 79.9. The van der Waals surface area contributed by atoms with Crippen molar-refractivity contribution in [3.05, 3.63) is 45.1 Å². The third kappa shape index (κ3) is 3.03. The van der Waals surface area contributed by atoms with Gasteiger partial charge in [0.1, 0.15) is 0 Å². The van der Waals surface area contributed by atoms with Gasteiger partial charge in [-0.15, -0.1) is 23.1 Å². The molecule has 1 heterocycles. The predicted octanol–water partition coefficient (Wildman–Crippen LogP) is 4.84. The summed E-state index contributed by atoms with van der Waals surface area (Å²) in [6.07, 6.45) is 2.10. The molecule has 0 amide bonds. The Hall–Kier alpha value is -0.450. The summed E-state index contributed by atoms with van der Waals surface area (Å²) in [6, 6.07) is 10.5. The fourth-order valence-electron chi connectivity index (χ4n) is 1.43. The first-order chi connectivity index (χ1) is 7.79. The Labute approximate surface area is 112 Å². The van der Waals surface area contributed by atoms with E-state index in [2.05, 4.69) is 63.2 Å². The number of thioether (sulfide) groups is 1. The Balaban J connectivity index is 2.04. The first-order valence-electron chi connectivity index (χ1n) is 4.89. The highest BCUT2D eigenvalue weighted by molar-refractivity contribution is 9.11. The molecule has 0 unspecified atom stereocenters. The molecule has 0 atom stereocenters. The van der Waals surface area contributed by atoms with Gasteiger partial charge in [0.15, 0.2) is 0 Å². The normalized spacial score (nSPS) is 10.4. The van der Waals surface area contributed by atoms with Gasteiger partial charge < -0.3 is 5.32 Å². The maximum absolute atomic E-state index is 3.47. The Morgan fingerprint density at radius 3 is 2.88 bits per heavy atom. The Morgan fingerprint density at radius 1 is 1.38 bits per heavy atom. The number of benzene rings is 1. The van der Waals surface area contributed by atoms with E-state index in [1.807, 2.05) is 0 Å². The summed E-state index contributed by atoms with van der Waals surface area (Å²) in [5, 5.41) is 5.62. The topological polar surface area (TPSA) is 12.0 Å². The molecular weight excluding hydrogens is 302 g/mol. The van der Waals surface area contributed by atoms with Crippen LogP contribution < -0.4 is 5.32 Å². The molecule has 0 aliphatic rings. The van der Waals surface area contributed by atoms with Gasteiger partial charge in [-0.3, -0.25) is 0 Å². The van der Waals surface area contributed by atoms with E-state index >= 15 is 0 Å². The number of rotatable bonds is 4. The molecule has 0 radical (unpaired) electrons. The molecule has 84 valence electrons. The molecule has 16 heavy (non-hydrogen) atoms. The smallest absolute Gasteiger partial charge is 0.0701 e. The molecule has 1 aromatic heterocycles. The van der Waals surface area contributed by atoms with E-state index in [1.165, 1.54) is 19.9 Å². The summed E-state index contributed by atoms with van der Waals surface area (Å²) in [5.41, 5.74) is 2.52. The lowest BCUT2D eigenvalue weighted by molar-refractivity contribution is 1.14. The number of halogens is 1. The summed E-state index contributed by atoms with van der Waals surface area (Å²) in [4.78, 5) is 1.29. The second-order valence-electron chi connectivity index (χ2n) is 3.31. The van der Waals surface area contributed by atoms with Crippen molar-refractivity contribution in [2.75, 3.05) is 11.6 Å². The maximum atomic E-state index is 3.47. The lowest BCUT2D eigenvalue weighted by atomic mass is 10.3. The van der Waals surface area contributed by atoms with Crippen molar-refractivity contribution in [2.24, 2.45) is 0 Å². The van der Waals surface area contributed by atoms with Crippen LogP contribution in [0.1, 0.15) is 5.56 Å². The van der Waals surface area contributed by atoms with E-state index in [-0.39, 0.29) is 0 Å². The van der Waals surface area contributed by atoms with Crippen LogP contribution in [-0.2, 0) is 6.54 Å². The summed E-state index contributed by atoms with van der Waals surface area (Å²) in [5.74, 6) is 0. The first-order valence-corrected chi connectivity index (χ1v) is 7.79. The molecule has 2 rings (SSSR count). The molecule has 0 saturated carbocycles. The van der Waals surface area contributed by atoms with Crippen LogP contribution >= 0.6 is 39.0 Å². The molecule has 1 nitrogen and oxygen atoms in total. The fraction of sp³-hybridized carbons (Fsp3) is 0.167. The van der Waals surface area contributed by atoms with E-state index in [9.17, 15) is 0 Å². The van der Waals surface area contributed by atoms with Gasteiger partial charge in [0, 0.05) is 17.1 Å². The molecule has 0 spiro atoms. The number of nitrogens with one attached hydrogen (secondary N) is 1. The monoisotopic (exact) mass is 313 g/mol. The van der Waals surface area contributed by atoms with Crippen LogP contribution in [0.15, 0.2) is 44.4 Å². The van der Waals surface area contributed by atoms with Gasteiger partial charge in [0.2, 0.25) is 0 Å². The van der Waals surface area contributed by atoms with Crippen molar-refractivity contribution in [3.63, 3.8) is 0 Å². The number of thiophene rings is 1. The van der Waals surface area contributed by atoms with Gasteiger partial charge in [-0.25, -0.2) is 0 Å². The van der Waals surface area contributed by atoms with Crippen LogP contribution in [0.5, 0.6) is 0 Å². The van der Waals surface area contributed by atoms with Gasteiger partial charge in [-0.2, -0.15) is 0 Å². The summed E-state index contributed by atoms with van der Waals surface area (Å²) in [6.45, 7) is 0.875. The van der Waals surface area contributed by atoms with Crippen LogP contribution in [0, 0.1) is 0 Å². The zero-order valence-corrected chi connectivity index (χ0v) is 12.1. The summed E-state index contributed by atoms with van der Waals surface area (Å²) >= 11 is 6.96. The van der Waals surface area contributed by atoms with Crippen LogP contribution in [0.3, 0.4) is 0 Å². The minimum Gasteiger partial charge on any atom is -0.380 e. The third-order valence-electron chi connectivity index (χ3n) is 2.21. The van der Waals surface area contributed by atoms with E-state index in [1.54, 1.807) is 23.1 Å². The minimum absolute atomic E-state index is 0.875. The minimum atomic E-state index is 0.875. The van der Waals surface area contributed by atoms with E-state index in [0.29, 0.717) is 0 Å². The second-order valence-corrected chi connectivity index (χ2v) is 6.45. The molecule has 0 saturated heterocycles. The third-order valence-corrected chi connectivity index (χ3v) is 4.56. The van der Waals surface area contributed by atoms with Crippen molar-refractivity contribution in [3.8, 4) is 0 Å². The second kappa shape index (κ2) is 5.75. The molecule has 0 bridgehead atoms. The fourth-order valence-corrected chi connectivity index (χ4v) is 3.21.